The van der Waals surface area contributed by atoms with Crippen LogP contribution >= 0.6 is 39.3 Å². The van der Waals surface area contributed by atoms with Gasteiger partial charge in [-0.1, -0.05) is 11.8 Å². The van der Waals surface area contributed by atoms with Gasteiger partial charge in [-0.2, -0.15) is 4.39 Å². The Kier molecular flexibility index (Phi) is 3.25. The molecule has 16 heavy (non-hydrogen) atoms. The summed E-state index contributed by atoms with van der Waals surface area (Å²) < 4.78 is 14.4. The summed E-state index contributed by atoms with van der Waals surface area (Å²) in [6, 6.07) is 0. The molecule has 0 aromatic heterocycles. The van der Waals surface area contributed by atoms with Crippen molar-refractivity contribution in [2.75, 3.05) is 12.9 Å². The van der Waals surface area contributed by atoms with Crippen molar-refractivity contribution >= 4 is 45.2 Å². The SMILES string of the molecule is CC1=C(Br)N2C(=O)C(F)=C(CCl)N(C)C2S1. The van der Waals surface area contributed by atoms with Crippen molar-refractivity contribution in [1.29, 1.82) is 0 Å². The van der Waals surface area contributed by atoms with Crippen LogP contribution in [-0.4, -0.2) is 34.1 Å². The van der Waals surface area contributed by atoms with E-state index in [1.54, 1.807) is 11.9 Å². The summed E-state index contributed by atoms with van der Waals surface area (Å²) >= 11 is 10.4. The Labute approximate surface area is 110 Å². The maximum atomic E-state index is 13.7. The van der Waals surface area contributed by atoms with Crippen molar-refractivity contribution in [2.24, 2.45) is 0 Å². The second-order valence-corrected chi connectivity index (χ2v) is 5.76. The minimum Gasteiger partial charge on any atom is -0.345 e. The van der Waals surface area contributed by atoms with E-state index in [-0.39, 0.29) is 17.1 Å². The molecule has 0 radical (unpaired) electrons. The van der Waals surface area contributed by atoms with Gasteiger partial charge in [-0.3, -0.25) is 9.69 Å². The summed E-state index contributed by atoms with van der Waals surface area (Å²) in [4.78, 5) is 15.8. The molecule has 0 spiro atoms. The van der Waals surface area contributed by atoms with E-state index in [9.17, 15) is 9.18 Å². The topological polar surface area (TPSA) is 23.6 Å². The third-order valence-corrected chi connectivity index (χ3v) is 5.33. The number of carbonyl (C=O) groups is 1. The molecule has 1 unspecified atom stereocenters. The average molecular weight is 328 g/mol. The lowest BCUT2D eigenvalue weighted by Crippen LogP contribution is -2.48. The molecule has 2 heterocycles. The second kappa shape index (κ2) is 4.23. The van der Waals surface area contributed by atoms with E-state index in [1.165, 1.54) is 16.7 Å². The van der Waals surface area contributed by atoms with Crippen LogP contribution in [0.25, 0.3) is 0 Å². The summed E-state index contributed by atoms with van der Waals surface area (Å²) in [5.74, 6) is -1.41. The Morgan fingerprint density at radius 1 is 1.62 bits per heavy atom. The van der Waals surface area contributed by atoms with E-state index >= 15 is 0 Å². The van der Waals surface area contributed by atoms with E-state index in [4.69, 9.17) is 11.6 Å². The van der Waals surface area contributed by atoms with E-state index in [0.29, 0.717) is 4.61 Å². The van der Waals surface area contributed by atoms with Gasteiger partial charge >= 0.3 is 0 Å². The molecule has 1 amide bonds. The van der Waals surface area contributed by atoms with Gasteiger partial charge in [0.25, 0.3) is 5.91 Å². The number of amides is 1. The number of nitrogens with zero attached hydrogens (tertiary/aromatic N) is 2. The highest BCUT2D eigenvalue weighted by Crippen LogP contribution is 2.46. The molecule has 0 bridgehead atoms. The number of hydrogen-bond donors (Lipinski definition) is 0. The van der Waals surface area contributed by atoms with Crippen molar-refractivity contribution in [1.82, 2.24) is 9.80 Å². The third kappa shape index (κ3) is 1.58. The van der Waals surface area contributed by atoms with Crippen molar-refractivity contribution in [3.8, 4) is 0 Å². The number of alkyl halides is 1. The molecule has 7 heteroatoms. The van der Waals surface area contributed by atoms with Gasteiger partial charge in [0.15, 0.2) is 5.50 Å². The first kappa shape index (κ1) is 12.3. The maximum absolute atomic E-state index is 13.7. The monoisotopic (exact) mass is 326 g/mol. The summed E-state index contributed by atoms with van der Waals surface area (Å²) in [5.41, 5.74) is 0.00513. The van der Waals surface area contributed by atoms with Crippen LogP contribution in [0.5, 0.6) is 0 Å². The van der Waals surface area contributed by atoms with Gasteiger partial charge in [-0.15, -0.1) is 11.6 Å². The first-order chi connectivity index (χ1) is 7.49. The zero-order valence-electron chi connectivity index (χ0n) is 8.63. The van der Waals surface area contributed by atoms with Crippen LogP contribution < -0.4 is 0 Å². The fraction of sp³-hybridized carbons (Fsp3) is 0.444. The Morgan fingerprint density at radius 3 is 2.81 bits per heavy atom. The van der Waals surface area contributed by atoms with Gasteiger partial charge in [-0.25, -0.2) is 0 Å². The Bertz CT molecular complexity index is 426. The molecule has 0 aliphatic carbocycles. The van der Waals surface area contributed by atoms with Crippen LogP contribution in [0.1, 0.15) is 6.92 Å². The van der Waals surface area contributed by atoms with Gasteiger partial charge in [0.1, 0.15) is 0 Å². The molecule has 3 nitrogen and oxygen atoms in total. The van der Waals surface area contributed by atoms with Crippen LogP contribution in [0.15, 0.2) is 21.0 Å². The summed E-state index contributed by atoms with van der Waals surface area (Å²) in [5, 5.41) is 0. The van der Waals surface area contributed by atoms with E-state index in [1.807, 2.05) is 6.92 Å². The minimum absolute atomic E-state index is 0.00433. The number of allylic oxidation sites excluding steroid dienone is 2. The lowest BCUT2D eigenvalue weighted by molar-refractivity contribution is -0.130. The molecule has 2 aliphatic heterocycles. The van der Waals surface area contributed by atoms with Crippen LogP contribution in [-0.2, 0) is 4.79 Å². The van der Waals surface area contributed by atoms with Gasteiger partial charge in [0.2, 0.25) is 5.83 Å². The minimum atomic E-state index is -0.777. The van der Waals surface area contributed by atoms with Crippen molar-refractivity contribution in [2.45, 2.75) is 12.4 Å². The van der Waals surface area contributed by atoms with Crippen molar-refractivity contribution < 1.29 is 9.18 Å². The summed E-state index contributed by atoms with van der Waals surface area (Å²) in [6.07, 6.45) is 0. The highest BCUT2D eigenvalue weighted by atomic mass is 79.9. The normalized spacial score (nSPS) is 25.8. The van der Waals surface area contributed by atoms with E-state index in [0.717, 1.165) is 4.91 Å². The molecular weight excluding hydrogens is 319 g/mol. The molecular formula is C9H9BrClFN2OS. The number of rotatable bonds is 1. The smallest absolute Gasteiger partial charge is 0.291 e. The highest BCUT2D eigenvalue weighted by molar-refractivity contribution is 9.11. The molecule has 0 saturated carbocycles. The number of thioether (sulfide) groups is 1. The summed E-state index contributed by atoms with van der Waals surface area (Å²) in [6.45, 7) is 1.88. The molecule has 0 saturated heterocycles. The molecule has 2 rings (SSSR count). The summed E-state index contributed by atoms with van der Waals surface area (Å²) in [7, 11) is 1.73. The van der Waals surface area contributed by atoms with E-state index in [2.05, 4.69) is 15.9 Å². The molecule has 0 aromatic carbocycles. The van der Waals surface area contributed by atoms with Crippen molar-refractivity contribution in [3.63, 3.8) is 0 Å². The zero-order chi connectivity index (χ0) is 12.0. The van der Waals surface area contributed by atoms with Crippen molar-refractivity contribution in [3.05, 3.63) is 21.0 Å². The van der Waals surface area contributed by atoms with Gasteiger partial charge in [0.05, 0.1) is 16.2 Å². The predicted octanol–water partition coefficient (Wildman–Crippen LogP) is 2.79. The number of halogens is 3. The first-order valence-electron chi connectivity index (χ1n) is 4.53. The van der Waals surface area contributed by atoms with Crippen LogP contribution in [0.2, 0.25) is 0 Å². The van der Waals surface area contributed by atoms with Crippen LogP contribution in [0, 0.1) is 0 Å². The average Bonchev–Trinajstić information content (AvgIpc) is 2.54. The lowest BCUT2D eigenvalue weighted by Gasteiger charge is -2.38. The Hall–Kier alpha value is -0.200. The molecule has 2 aliphatic rings. The van der Waals surface area contributed by atoms with Gasteiger partial charge < -0.3 is 4.90 Å². The second-order valence-electron chi connectivity index (χ2n) is 3.47. The van der Waals surface area contributed by atoms with E-state index < -0.39 is 11.7 Å². The van der Waals surface area contributed by atoms with Gasteiger partial charge in [0, 0.05) is 12.0 Å². The number of carbonyl (C=O) groups excluding carboxylic acids is 1. The fourth-order valence-electron chi connectivity index (χ4n) is 1.64. The lowest BCUT2D eigenvalue weighted by atomic mass is 10.3. The fourth-order valence-corrected chi connectivity index (χ4v) is 3.82. The zero-order valence-corrected chi connectivity index (χ0v) is 11.8. The Morgan fingerprint density at radius 2 is 2.25 bits per heavy atom. The molecule has 0 aromatic rings. The number of fused-ring (bicyclic) bond motifs is 1. The Balaban J connectivity index is 2.46. The first-order valence-corrected chi connectivity index (χ1v) is 6.73. The van der Waals surface area contributed by atoms with Crippen LogP contribution in [0.3, 0.4) is 0 Å². The predicted molar refractivity (Wildman–Crippen MR) is 66.5 cm³/mol. The standard InChI is InChI=1S/C9H9BrClFN2OS/c1-4-7(10)14-8(15)6(12)5(3-11)13(2)9(14)16-4/h9H,3H2,1-2H3. The number of hydrogen-bond acceptors (Lipinski definition) is 3. The third-order valence-electron chi connectivity index (χ3n) is 2.55. The maximum Gasteiger partial charge on any atom is 0.291 e. The van der Waals surface area contributed by atoms with Gasteiger partial charge in [-0.05, 0) is 22.9 Å². The molecule has 0 fully saturated rings. The molecule has 88 valence electrons. The van der Waals surface area contributed by atoms with Crippen LogP contribution in [0.4, 0.5) is 4.39 Å². The highest BCUT2D eigenvalue weighted by Gasteiger charge is 2.44. The quantitative estimate of drug-likeness (QED) is 0.546. The largest absolute Gasteiger partial charge is 0.345 e. The molecule has 0 N–H and O–H groups in total. The molecule has 1 atom stereocenters.